The minimum Gasteiger partial charge on any atom is -0.486 e. The van der Waals surface area contributed by atoms with Gasteiger partial charge in [0.05, 0.1) is 0 Å². The predicted octanol–water partition coefficient (Wildman–Crippen LogP) is 7.23. The summed E-state index contributed by atoms with van der Waals surface area (Å²) in [7, 11) is 0. The van der Waals surface area contributed by atoms with Crippen LogP contribution in [-0.4, -0.2) is 28.1 Å². The van der Waals surface area contributed by atoms with Crippen LogP contribution in [0.2, 0.25) is 0 Å². The Bertz CT molecular complexity index is 1170. The van der Waals surface area contributed by atoms with Crippen LogP contribution >= 0.6 is 0 Å². The zero-order valence-electron chi connectivity index (χ0n) is 22.4. The van der Waals surface area contributed by atoms with Crippen molar-refractivity contribution in [2.45, 2.75) is 71.5 Å². The van der Waals surface area contributed by atoms with Gasteiger partial charge < -0.3 is 14.9 Å². The lowest BCUT2D eigenvalue weighted by atomic mass is 9.86. The van der Waals surface area contributed by atoms with Crippen molar-refractivity contribution in [1.82, 2.24) is 0 Å². The summed E-state index contributed by atoms with van der Waals surface area (Å²) in [4.78, 5) is 23.2. The van der Waals surface area contributed by atoms with Crippen LogP contribution in [0, 0.1) is 5.92 Å². The van der Waals surface area contributed by atoms with E-state index in [0.717, 1.165) is 28.9 Å². The largest absolute Gasteiger partial charge is 0.486 e. The van der Waals surface area contributed by atoms with Gasteiger partial charge in [0.15, 0.2) is 11.9 Å². The second kappa shape index (κ2) is 12.2. The van der Waals surface area contributed by atoms with E-state index >= 15 is 0 Å². The Kier molecular flexibility index (Phi) is 9.28. The number of carbonyl (C=O) groups is 2. The molecule has 0 saturated heterocycles. The first-order valence-corrected chi connectivity index (χ1v) is 12.9. The molecular weight excluding hydrogens is 464 g/mol. The Morgan fingerprint density at radius 3 is 1.86 bits per heavy atom. The van der Waals surface area contributed by atoms with E-state index in [1.165, 1.54) is 5.56 Å². The molecule has 0 aliphatic carbocycles. The second-order valence-corrected chi connectivity index (χ2v) is 11.0. The van der Waals surface area contributed by atoms with Crippen LogP contribution in [0.25, 0.3) is 11.1 Å². The van der Waals surface area contributed by atoms with Crippen molar-refractivity contribution in [3.63, 3.8) is 0 Å². The molecule has 0 fully saturated rings. The predicted molar refractivity (Wildman–Crippen MR) is 147 cm³/mol. The van der Waals surface area contributed by atoms with Gasteiger partial charge >= 0.3 is 5.97 Å². The fraction of sp³-hybridized carbons (Fsp3) is 0.375. The van der Waals surface area contributed by atoms with Crippen LogP contribution in [0.1, 0.15) is 81.5 Å². The molecule has 37 heavy (non-hydrogen) atoms. The van der Waals surface area contributed by atoms with Gasteiger partial charge in [-0.3, -0.25) is 4.79 Å². The molecule has 2 N–H and O–H groups in total. The highest BCUT2D eigenvalue weighted by atomic mass is 16.5. The number of benzene rings is 3. The first kappa shape index (κ1) is 28.1. The van der Waals surface area contributed by atoms with Crippen LogP contribution in [0.4, 0.5) is 0 Å². The molecule has 0 amide bonds. The number of rotatable bonds is 11. The first-order valence-electron chi connectivity index (χ1n) is 12.9. The molecule has 0 aliphatic heterocycles. The molecule has 0 aliphatic rings. The fourth-order valence-electron chi connectivity index (χ4n) is 4.15. The standard InChI is InChI=1S/C32H38O5/c1-21(2)20-30(25-8-6-24(7-9-25)28(33)18-19-29(34)31(35)36)37-27-16-12-23(13-17-27)22-10-14-26(15-11-22)32(3,4)5/h6-17,21,29-30,34H,18-20H2,1-5H3,(H,35,36)/t29-,30?/m1/s1. The normalized spacial score (nSPS) is 13.3. The van der Waals surface area contributed by atoms with Crippen LogP contribution in [0.5, 0.6) is 5.75 Å². The molecule has 0 saturated carbocycles. The van der Waals surface area contributed by atoms with E-state index in [2.05, 4.69) is 71.0 Å². The number of aliphatic carboxylic acids is 1. The summed E-state index contributed by atoms with van der Waals surface area (Å²) in [6, 6.07) is 24.1. The van der Waals surface area contributed by atoms with Gasteiger partial charge in [-0.2, -0.15) is 0 Å². The molecule has 5 heteroatoms. The molecule has 0 aromatic heterocycles. The van der Waals surface area contributed by atoms with E-state index in [4.69, 9.17) is 9.84 Å². The first-order chi connectivity index (χ1) is 17.4. The summed E-state index contributed by atoms with van der Waals surface area (Å²) in [6.45, 7) is 10.9. The molecule has 3 rings (SSSR count). The molecule has 2 atom stereocenters. The summed E-state index contributed by atoms with van der Waals surface area (Å²) < 4.78 is 6.39. The van der Waals surface area contributed by atoms with E-state index < -0.39 is 12.1 Å². The van der Waals surface area contributed by atoms with Gasteiger partial charge in [0.2, 0.25) is 0 Å². The molecule has 196 valence electrons. The van der Waals surface area contributed by atoms with Gasteiger partial charge in [0.25, 0.3) is 0 Å². The lowest BCUT2D eigenvalue weighted by Crippen LogP contribution is -2.20. The van der Waals surface area contributed by atoms with Gasteiger partial charge in [-0.1, -0.05) is 95.3 Å². The van der Waals surface area contributed by atoms with Crippen molar-refractivity contribution in [1.29, 1.82) is 0 Å². The molecule has 0 heterocycles. The van der Waals surface area contributed by atoms with Crippen LogP contribution in [-0.2, 0) is 10.2 Å². The number of aliphatic hydroxyl groups excluding tert-OH is 1. The van der Waals surface area contributed by atoms with Gasteiger partial charge in [0, 0.05) is 12.0 Å². The van der Waals surface area contributed by atoms with E-state index in [9.17, 15) is 14.7 Å². The maximum Gasteiger partial charge on any atom is 0.332 e. The molecule has 3 aromatic carbocycles. The quantitative estimate of drug-likeness (QED) is 0.270. The third-order valence-electron chi connectivity index (χ3n) is 6.44. The number of Topliss-reactive ketones (excluding diaryl/α,β-unsaturated/α-hetero) is 1. The SMILES string of the molecule is CC(C)CC(Oc1ccc(-c2ccc(C(C)(C)C)cc2)cc1)c1ccc(C(=O)CC[C@@H](O)C(=O)O)cc1. The van der Waals surface area contributed by atoms with Gasteiger partial charge in [-0.15, -0.1) is 0 Å². The molecule has 0 spiro atoms. The van der Waals surface area contributed by atoms with Crippen LogP contribution < -0.4 is 4.74 Å². The molecule has 5 nitrogen and oxygen atoms in total. The molecule has 3 aromatic rings. The second-order valence-electron chi connectivity index (χ2n) is 11.0. The summed E-state index contributed by atoms with van der Waals surface area (Å²) in [5, 5.41) is 18.2. The van der Waals surface area contributed by atoms with Crippen molar-refractivity contribution in [3.05, 3.63) is 89.5 Å². The summed E-state index contributed by atoms with van der Waals surface area (Å²) in [5.74, 6) is -0.324. The minimum absolute atomic E-state index is 0.0238. The number of carboxylic acids is 1. The highest BCUT2D eigenvalue weighted by Crippen LogP contribution is 2.31. The molecule has 0 bridgehead atoms. The third kappa shape index (κ3) is 8.02. The number of hydrogen-bond acceptors (Lipinski definition) is 4. The molecular formula is C32H38O5. The zero-order chi connectivity index (χ0) is 27.2. The average molecular weight is 503 g/mol. The van der Waals surface area contributed by atoms with Crippen molar-refractivity contribution in [2.75, 3.05) is 0 Å². The van der Waals surface area contributed by atoms with E-state index in [-0.39, 0.29) is 30.1 Å². The van der Waals surface area contributed by atoms with E-state index in [1.54, 1.807) is 12.1 Å². The van der Waals surface area contributed by atoms with Crippen LogP contribution in [0.15, 0.2) is 72.8 Å². The van der Waals surface area contributed by atoms with Gasteiger partial charge in [-0.05, 0) is 58.6 Å². The summed E-state index contributed by atoms with van der Waals surface area (Å²) in [5.41, 5.74) is 5.18. The Morgan fingerprint density at radius 1 is 0.838 bits per heavy atom. The number of ether oxygens (including phenoxy) is 1. The zero-order valence-corrected chi connectivity index (χ0v) is 22.4. The average Bonchev–Trinajstić information content (AvgIpc) is 2.86. The lowest BCUT2D eigenvalue weighted by molar-refractivity contribution is -0.146. The van der Waals surface area contributed by atoms with Crippen molar-refractivity contribution in [3.8, 4) is 16.9 Å². The van der Waals surface area contributed by atoms with Crippen molar-refractivity contribution in [2.24, 2.45) is 5.92 Å². The number of aliphatic hydroxyl groups is 1. The smallest absolute Gasteiger partial charge is 0.332 e. The Hall–Kier alpha value is -3.44. The maximum atomic E-state index is 12.4. The Labute approximate surface area is 220 Å². The monoisotopic (exact) mass is 502 g/mol. The minimum atomic E-state index is -1.53. The molecule has 1 unspecified atom stereocenters. The maximum absolute atomic E-state index is 12.4. The number of carboxylic acid groups (broad SMARTS) is 1. The fourth-order valence-corrected chi connectivity index (χ4v) is 4.15. The Morgan fingerprint density at radius 2 is 1.38 bits per heavy atom. The van der Waals surface area contributed by atoms with Gasteiger partial charge in [0.1, 0.15) is 11.9 Å². The van der Waals surface area contributed by atoms with Crippen LogP contribution in [0.3, 0.4) is 0 Å². The lowest BCUT2D eigenvalue weighted by Gasteiger charge is -2.22. The number of ketones is 1. The third-order valence-corrected chi connectivity index (χ3v) is 6.44. The van der Waals surface area contributed by atoms with E-state index in [0.29, 0.717) is 11.5 Å². The topological polar surface area (TPSA) is 83.8 Å². The Balaban J connectivity index is 1.70. The summed E-state index contributed by atoms with van der Waals surface area (Å²) >= 11 is 0. The van der Waals surface area contributed by atoms with Crippen molar-refractivity contribution >= 4 is 11.8 Å². The number of carbonyl (C=O) groups excluding carboxylic acids is 1. The molecule has 0 radical (unpaired) electrons. The highest BCUT2D eigenvalue weighted by molar-refractivity contribution is 5.96. The number of hydrogen-bond donors (Lipinski definition) is 2. The highest BCUT2D eigenvalue weighted by Gasteiger charge is 2.19. The van der Waals surface area contributed by atoms with E-state index in [1.807, 2.05) is 24.3 Å². The van der Waals surface area contributed by atoms with Crippen molar-refractivity contribution < 1.29 is 24.5 Å². The van der Waals surface area contributed by atoms with Gasteiger partial charge in [-0.25, -0.2) is 4.79 Å². The summed E-state index contributed by atoms with van der Waals surface area (Å²) in [6.07, 6.45) is -1.01.